The second-order valence-corrected chi connectivity index (χ2v) is 4.95. The SMILES string of the molecule is CCCNC(=O)N1CCOC(c2ccc(C)cc2)C1. The highest BCUT2D eigenvalue weighted by Crippen LogP contribution is 2.22. The van der Waals surface area contributed by atoms with Gasteiger partial charge in [-0.05, 0) is 18.9 Å². The van der Waals surface area contributed by atoms with E-state index in [1.807, 2.05) is 4.90 Å². The highest BCUT2D eigenvalue weighted by Gasteiger charge is 2.24. The molecule has 0 spiro atoms. The van der Waals surface area contributed by atoms with Crippen LogP contribution in [0.4, 0.5) is 4.79 Å². The van der Waals surface area contributed by atoms with Gasteiger partial charge in [0.25, 0.3) is 0 Å². The molecular weight excluding hydrogens is 240 g/mol. The molecular formula is C15H22N2O2. The number of hydrogen-bond donors (Lipinski definition) is 1. The fourth-order valence-electron chi connectivity index (χ4n) is 2.16. The van der Waals surface area contributed by atoms with Crippen molar-refractivity contribution in [1.29, 1.82) is 0 Å². The van der Waals surface area contributed by atoms with E-state index in [4.69, 9.17) is 4.74 Å². The van der Waals surface area contributed by atoms with Gasteiger partial charge in [-0.25, -0.2) is 4.79 Å². The van der Waals surface area contributed by atoms with Crippen LogP contribution in [0.2, 0.25) is 0 Å². The molecule has 4 nitrogen and oxygen atoms in total. The summed E-state index contributed by atoms with van der Waals surface area (Å²) in [7, 11) is 0. The second kappa shape index (κ2) is 6.57. The Hall–Kier alpha value is -1.55. The standard InChI is InChI=1S/C15H22N2O2/c1-3-8-16-15(18)17-9-10-19-14(11-17)13-6-4-12(2)5-7-13/h4-7,14H,3,8-11H2,1-2H3,(H,16,18). The summed E-state index contributed by atoms with van der Waals surface area (Å²) in [5.74, 6) is 0. The minimum absolute atomic E-state index is 0.0123. The molecule has 1 aliphatic heterocycles. The van der Waals surface area contributed by atoms with Crippen LogP contribution in [-0.4, -0.2) is 37.2 Å². The number of benzene rings is 1. The number of nitrogens with zero attached hydrogens (tertiary/aromatic N) is 1. The maximum absolute atomic E-state index is 11.9. The lowest BCUT2D eigenvalue weighted by Gasteiger charge is -2.33. The van der Waals surface area contributed by atoms with Gasteiger partial charge in [0.05, 0.1) is 13.2 Å². The van der Waals surface area contributed by atoms with Gasteiger partial charge in [0, 0.05) is 13.1 Å². The zero-order valence-electron chi connectivity index (χ0n) is 11.7. The van der Waals surface area contributed by atoms with E-state index in [9.17, 15) is 4.79 Å². The molecule has 2 rings (SSSR count). The zero-order chi connectivity index (χ0) is 13.7. The van der Waals surface area contributed by atoms with Crippen LogP contribution in [0.15, 0.2) is 24.3 Å². The van der Waals surface area contributed by atoms with Crippen molar-refractivity contribution in [3.63, 3.8) is 0 Å². The minimum Gasteiger partial charge on any atom is -0.370 e. The lowest BCUT2D eigenvalue weighted by molar-refractivity contribution is -0.0154. The molecule has 1 aliphatic rings. The first kappa shape index (κ1) is 13.9. The molecule has 0 bridgehead atoms. The molecule has 1 aromatic carbocycles. The van der Waals surface area contributed by atoms with Crippen LogP contribution in [0.1, 0.15) is 30.6 Å². The van der Waals surface area contributed by atoms with Crippen LogP contribution in [0.5, 0.6) is 0 Å². The molecule has 0 saturated carbocycles. The Bertz CT molecular complexity index is 417. The van der Waals surface area contributed by atoms with Gasteiger partial charge in [-0.1, -0.05) is 36.8 Å². The summed E-state index contributed by atoms with van der Waals surface area (Å²) in [5, 5.41) is 2.91. The van der Waals surface area contributed by atoms with Gasteiger partial charge in [-0.15, -0.1) is 0 Å². The minimum atomic E-state index is -0.0123. The Kier molecular flexibility index (Phi) is 4.80. The number of urea groups is 1. The van der Waals surface area contributed by atoms with Gasteiger partial charge < -0.3 is 15.0 Å². The van der Waals surface area contributed by atoms with Crippen LogP contribution < -0.4 is 5.32 Å². The molecule has 1 N–H and O–H groups in total. The Morgan fingerprint density at radius 2 is 2.16 bits per heavy atom. The summed E-state index contributed by atoms with van der Waals surface area (Å²) in [4.78, 5) is 13.8. The van der Waals surface area contributed by atoms with Crippen LogP contribution in [-0.2, 0) is 4.74 Å². The number of ether oxygens (including phenoxy) is 1. The van der Waals surface area contributed by atoms with E-state index in [2.05, 4.69) is 43.4 Å². The molecule has 4 heteroatoms. The maximum Gasteiger partial charge on any atom is 0.317 e. The maximum atomic E-state index is 11.9. The summed E-state index contributed by atoms with van der Waals surface area (Å²) < 4.78 is 5.77. The number of hydrogen-bond acceptors (Lipinski definition) is 2. The number of rotatable bonds is 3. The van der Waals surface area contributed by atoms with Crippen LogP contribution >= 0.6 is 0 Å². The molecule has 1 aromatic rings. The Morgan fingerprint density at radius 1 is 1.42 bits per heavy atom. The molecule has 1 saturated heterocycles. The number of amides is 2. The Balaban J connectivity index is 1.96. The van der Waals surface area contributed by atoms with Crippen molar-refractivity contribution in [3.8, 4) is 0 Å². The summed E-state index contributed by atoms with van der Waals surface area (Å²) in [5.41, 5.74) is 2.37. The first-order chi connectivity index (χ1) is 9.20. The zero-order valence-corrected chi connectivity index (χ0v) is 11.7. The predicted octanol–water partition coefficient (Wildman–Crippen LogP) is 2.49. The van der Waals surface area contributed by atoms with Crippen LogP contribution in [0, 0.1) is 6.92 Å². The molecule has 0 radical (unpaired) electrons. The monoisotopic (exact) mass is 262 g/mol. The molecule has 2 amide bonds. The average molecular weight is 262 g/mol. The van der Waals surface area contributed by atoms with Gasteiger partial charge in [0.1, 0.15) is 6.10 Å². The first-order valence-corrected chi connectivity index (χ1v) is 6.91. The Morgan fingerprint density at radius 3 is 2.84 bits per heavy atom. The molecule has 19 heavy (non-hydrogen) atoms. The van der Waals surface area contributed by atoms with Gasteiger partial charge in [0.2, 0.25) is 0 Å². The average Bonchev–Trinajstić information content (AvgIpc) is 2.45. The highest BCUT2D eigenvalue weighted by atomic mass is 16.5. The molecule has 104 valence electrons. The van der Waals surface area contributed by atoms with Crippen molar-refractivity contribution in [3.05, 3.63) is 35.4 Å². The van der Waals surface area contributed by atoms with E-state index in [1.54, 1.807) is 0 Å². The third kappa shape index (κ3) is 3.70. The van der Waals surface area contributed by atoms with Crippen molar-refractivity contribution in [2.24, 2.45) is 0 Å². The number of nitrogens with one attached hydrogen (secondary N) is 1. The first-order valence-electron chi connectivity index (χ1n) is 6.91. The number of carbonyl (C=O) groups excluding carboxylic acids is 1. The highest BCUT2D eigenvalue weighted by molar-refractivity contribution is 5.74. The van der Waals surface area contributed by atoms with E-state index in [-0.39, 0.29) is 12.1 Å². The third-order valence-electron chi connectivity index (χ3n) is 3.33. The molecule has 0 aliphatic carbocycles. The molecule has 1 atom stereocenters. The van der Waals surface area contributed by atoms with Crippen molar-refractivity contribution < 1.29 is 9.53 Å². The molecule has 1 heterocycles. The third-order valence-corrected chi connectivity index (χ3v) is 3.33. The van der Waals surface area contributed by atoms with E-state index < -0.39 is 0 Å². The quantitative estimate of drug-likeness (QED) is 0.909. The van der Waals surface area contributed by atoms with Crippen molar-refractivity contribution in [2.75, 3.05) is 26.2 Å². The van der Waals surface area contributed by atoms with Crippen molar-refractivity contribution in [2.45, 2.75) is 26.4 Å². The lowest BCUT2D eigenvalue weighted by atomic mass is 10.1. The second-order valence-electron chi connectivity index (χ2n) is 4.95. The largest absolute Gasteiger partial charge is 0.370 e. The Labute approximate surface area is 114 Å². The van der Waals surface area contributed by atoms with Crippen LogP contribution in [0.3, 0.4) is 0 Å². The smallest absolute Gasteiger partial charge is 0.317 e. The number of morpholine rings is 1. The summed E-state index contributed by atoms with van der Waals surface area (Å²) >= 11 is 0. The molecule has 0 aromatic heterocycles. The molecule has 1 unspecified atom stereocenters. The van der Waals surface area contributed by atoms with Gasteiger partial charge in [0.15, 0.2) is 0 Å². The topological polar surface area (TPSA) is 41.6 Å². The fourth-order valence-corrected chi connectivity index (χ4v) is 2.16. The summed E-state index contributed by atoms with van der Waals surface area (Å²) in [6.45, 7) is 6.73. The van der Waals surface area contributed by atoms with Crippen LogP contribution in [0.25, 0.3) is 0 Å². The lowest BCUT2D eigenvalue weighted by Crippen LogP contribution is -2.47. The normalized spacial score (nSPS) is 19.3. The summed E-state index contributed by atoms with van der Waals surface area (Å²) in [6, 6.07) is 8.33. The van der Waals surface area contributed by atoms with Crippen molar-refractivity contribution in [1.82, 2.24) is 10.2 Å². The molecule has 1 fully saturated rings. The van der Waals surface area contributed by atoms with E-state index in [0.717, 1.165) is 18.5 Å². The van der Waals surface area contributed by atoms with Gasteiger partial charge in [-0.3, -0.25) is 0 Å². The van der Waals surface area contributed by atoms with Gasteiger partial charge in [-0.2, -0.15) is 0 Å². The number of aryl methyl sites for hydroxylation is 1. The predicted molar refractivity (Wildman–Crippen MR) is 75.1 cm³/mol. The van der Waals surface area contributed by atoms with E-state index >= 15 is 0 Å². The van der Waals surface area contributed by atoms with E-state index in [0.29, 0.717) is 19.7 Å². The van der Waals surface area contributed by atoms with E-state index in [1.165, 1.54) is 5.56 Å². The number of carbonyl (C=O) groups is 1. The van der Waals surface area contributed by atoms with Gasteiger partial charge >= 0.3 is 6.03 Å². The fraction of sp³-hybridized carbons (Fsp3) is 0.533. The van der Waals surface area contributed by atoms with Crippen molar-refractivity contribution >= 4 is 6.03 Å². The summed E-state index contributed by atoms with van der Waals surface area (Å²) in [6.07, 6.45) is 0.944.